The molecule has 1 aromatic heterocycles. The largest absolute Gasteiger partial charge is 0.492 e. The molecule has 1 aromatic carbocycles. The maximum atomic E-state index is 13.2. The molecular weight excluding hydrogens is 413 g/mol. The molecule has 0 radical (unpaired) electrons. The number of carbonyl (C=O) groups excluding carboxylic acids is 2. The van der Waals surface area contributed by atoms with Crippen molar-refractivity contribution in [2.45, 2.75) is 25.3 Å². The summed E-state index contributed by atoms with van der Waals surface area (Å²) < 4.78 is 18.7. The molecule has 0 saturated carbocycles. The van der Waals surface area contributed by atoms with Gasteiger partial charge in [-0.15, -0.1) is 0 Å². The number of nitrogens with zero attached hydrogens (tertiary/aromatic N) is 4. The highest BCUT2D eigenvalue weighted by Crippen LogP contribution is 2.38. The van der Waals surface area contributed by atoms with E-state index in [1.54, 1.807) is 11.9 Å². The molecule has 1 fully saturated rings. The standard InChI is InChI=1S/C23H26FN5O3/c1-28-22(31)23(12-16-5-3-2-4-6-16)15-29(9-7-20(23)27-28)21(30)19(25)8-10-32-18-11-17(24)13-26-14-18/h2-6,11,13-14,19H,7-10,12,15,25H2,1H3. The molecule has 0 aliphatic carbocycles. The van der Waals surface area contributed by atoms with Gasteiger partial charge in [-0.25, -0.2) is 9.40 Å². The molecule has 8 nitrogen and oxygen atoms in total. The van der Waals surface area contributed by atoms with Crippen molar-refractivity contribution in [3.05, 3.63) is 60.2 Å². The second-order valence-electron chi connectivity index (χ2n) is 8.21. The Bertz CT molecular complexity index is 1030. The number of hydrazone groups is 1. The molecule has 2 unspecified atom stereocenters. The third-order valence-corrected chi connectivity index (χ3v) is 5.96. The van der Waals surface area contributed by atoms with Crippen molar-refractivity contribution in [2.75, 3.05) is 26.7 Å². The molecule has 3 heterocycles. The maximum absolute atomic E-state index is 13.2. The van der Waals surface area contributed by atoms with E-state index in [4.69, 9.17) is 10.5 Å². The van der Waals surface area contributed by atoms with Gasteiger partial charge in [0.2, 0.25) is 5.91 Å². The number of halogens is 1. The van der Waals surface area contributed by atoms with Gasteiger partial charge in [-0.05, 0) is 12.0 Å². The number of rotatable bonds is 7. The van der Waals surface area contributed by atoms with Gasteiger partial charge in [0.1, 0.15) is 17.0 Å². The molecule has 2 N–H and O–H groups in total. The van der Waals surface area contributed by atoms with Crippen molar-refractivity contribution < 1.29 is 18.7 Å². The Kier molecular flexibility index (Phi) is 6.18. The highest BCUT2D eigenvalue weighted by atomic mass is 19.1. The van der Waals surface area contributed by atoms with Crippen molar-refractivity contribution in [1.29, 1.82) is 0 Å². The second-order valence-corrected chi connectivity index (χ2v) is 8.21. The highest BCUT2D eigenvalue weighted by Gasteiger charge is 2.53. The van der Waals surface area contributed by atoms with Crippen LogP contribution in [-0.2, 0) is 16.0 Å². The lowest BCUT2D eigenvalue weighted by atomic mass is 9.73. The van der Waals surface area contributed by atoms with E-state index < -0.39 is 17.3 Å². The van der Waals surface area contributed by atoms with Crippen molar-refractivity contribution in [2.24, 2.45) is 16.3 Å². The molecule has 2 amide bonds. The maximum Gasteiger partial charge on any atom is 0.256 e. The van der Waals surface area contributed by atoms with Crippen LogP contribution in [0.15, 0.2) is 53.9 Å². The Morgan fingerprint density at radius 2 is 2.09 bits per heavy atom. The molecular formula is C23H26FN5O3. The fraction of sp³-hybridized carbons (Fsp3) is 0.391. The average molecular weight is 439 g/mol. The lowest BCUT2D eigenvalue weighted by molar-refractivity contribution is -0.140. The number of benzene rings is 1. The molecule has 168 valence electrons. The summed E-state index contributed by atoms with van der Waals surface area (Å²) in [5.74, 6) is -0.558. The minimum Gasteiger partial charge on any atom is -0.492 e. The summed E-state index contributed by atoms with van der Waals surface area (Å²) in [4.78, 5) is 31.6. The van der Waals surface area contributed by atoms with E-state index in [0.717, 1.165) is 17.5 Å². The van der Waals surface area contributed by atoms with E-state index in [2.05, 4.69) is 10.1 Å². The van der Waals surface area contributed by atoms with Gasteiger partial charge in [0.05, 0.1) is 30.8 Å². The van der Waals surface area contributed by atoms with E-state index >= 15 is 0 Å². The Hall–Kier alpha value is -3.33. The van der Waals surface area contributed by atoms with Crippen LogP contribution < -0.4 is 10.5 Å². The molecule has 0 spiro atoms. The third-order valence-electron chi connectivity index (χ3n) is 5.96. The van der Waals surface area contributed by atoms with Gasteiger partial charge in [-0.1, -0.05) is 30.3 Å². The number of ether oxygens (including phenoxy) is 1. The fourth-order valence-corrected chi connectivity index (χ4v) is 4.35. The van der Waals surface area contributed by atoms with Gasteiger partial charge < -0.3 is 15.4 Å². The van der Waals surface area contributed by atoms with Gasteiger partial charge >= 0.3 is 0 Å². The van der Waals surface area contributed by atoms with Gasteiger partial charge in [0.25, 0.3) is 5.91 Å². The molecule has 2 aliphatic heterocycles. The summed E-state index contributed by atoms with van der Waals surface area (Å²) in [5, 5.41) is 5.85. The molecule has 4 rings (SSSR count). The van der Waals surface area contributed by atoms with Gasteiger partial charge in [0, 0.05) is 39.0 Å². The Labute approximate surface area is 185 Å². The quantitative estimate of drug-likeness (QED) is 0.706. The Morgan fingerprint density at radius 3 is 2.84 bits per heavy atom. The van der Waals surface area contributed by atoms with Crippen molar-refractivity contribution >= 4 is 17.5 Å². The van der Waals surface area contributed by atoms with Crippen LogP contribution in [0.5, 0.6) is 5.75 Å². The number of carbonyl (C=O) groups is 2. The number of hydrogen-bond donors (Lipinski definition) is 1. The van der Waals surface area contributed by atoms with Gasteiger partial charge in [-0.2, -0.15) is 5.10 Å². The average Bonchev–Trinajstić information content (AvgIpc) is 3.03. The van der Waals surface area contributed by atoms with E-state index in [-0.39, 0.29) is 37.1 Å². The van der Waals surface area contributed by atoms with E-state index in [1.165, 1.54) is 17.3 Å². The molecule has 32 heavy (non-hydrogen) atoms. The van der Waals surface area contributed by atoms with Crippen molar-refractivity contribution in [3.63, 3.8) is 0 Å². The first-order chi connectivity index (χ1) is 15.4. The fourth-order valence-electron chi connectivity index (χ4n) is 4.35. The van der Waals surface area contributed by atoms with Crippen LogP contribution >= 0.6 is 0 Å². The number of piperidine rings is 1. The minimum atomic E-state index is -0.868. The Balaban J connectivity index is 1.43. The summed E-state index contributed by atoms with van der Waals surface area (Å²) in [6, 6.07) is 10.2. The smallest absolute Gasteiger partial charge is 0.256 e. The van der Waals surface area contributed by atoms with Crippen molar-refractivity contribution in [3.8, 4) is 5.75 Å². The van der Waals surface area contributed by atoms with Gasteiger partial charge in [0.15, 0.2) is 0 Å². The first kappa shape index (κ1) is 21.9. The number of amides is 2. The third kappa shape index (κ3) is 4.34. The lowest BCUT2D eigenvalue weighted by Gasteiger charge is -2.40. The van der Waals surface area contributed by atoms with E-state index in [1.807, 2.05) is 30.3 Å². The lowest BCUT2D eigenvalue weighted by Crippen LogP contribution is -2.58. The van der Waals surface area contributed by atoms with Crippen LogP contribution in [0.25, 0.3) is 0 Å². The number of likely N-dealkylation sites (tertiary alicyclic amines) is 1. The number of fused-ring (bicyclic) bond motifs is 1. The Morgan fingerprint density at radius 1 is 1.31 bits per heavy atom. The van der Waals surface area contributed by atoms with Crippen LogP contribution in [0.3, 0.4) is 0 Å². The highest BCUT2D eigenvalue weighted by molar-refractivity contribution is 6.13. The zero-order valence-corrected chi connectivity index (χ0v) is 17.9. The molecule has 2 aliphatic rings. The number of pyridine rings is 1. The van der Waals surface area contributed by atoms with Crippen LogP contribution in [0.4, 0.5) is 4.39 Å². The zero-order valence-electron chi connectivity index (χ0n) is 17.9. The molecule has 9 heteroatoms. The van der Waals surface area contributed by atoms with Crippen LogP contribution in [0.1, 0.15) is 18.4 Å². The predicted octanol–water partition coefficient (Wildman–Crippen LogP) is 1.61. The molecule has 0 bridgehead atoms. The summed E-state index contributed by atoms with van der Waals surface area (Å²) in [6.45, 7) is 0.845. The summed E-state index contributed by atoms with van der Waals surface area (Å²) in [6.07, 6.45) is 3.74. The summed E-state index contributed by atoms with van der Waals surface area (Å²) in [5.41, 5.74) is 7.11. The molecule has 2 atom stereocenters. The normalized spacial score (nSPS) is 21.2. The topological polar surface area (TPSA) is 101 Å². The first-order valence-electron chi connectivity index (χ1n) is 10.6. The van der Waals surface area contributed by atoms with Crippen LogP contribution in [0.2, 0.25) is 0 Å². The predicted molar refractivity (Wildman–Crippen MR) is 116 cm³/mol. The zero-order chi connectivity index (χ0) is 22.7. The summed E-state index contributed by atoms with van der Waals surface area (Å²) in [7, 11) is 1.65. The minimum absolute atomic E-state index is 0.107. The van der Waals surface area contributed by atoms with E-state index in [9.17, 15) is 14.0 Å². The van der Waals surface area contributed by atoms with Crippen molar-refractivity contribution in [1.82, 2.24) is 14.9 Å². The number of nitrogens with two attached hydrogens (primary N) is 1. The van der Waals surface area contributed by atoms with Gasteiger partial charge in [-0.3, -0.25) is 14.6 Å². The number of aromatic nitrogens is 1. The van der Waals surface area contributed by atoms with Crippen LogP contribution in [0, 0.1) is 11.2 Å². The summed E-state index contributed by atoms with van der Waals surface area (Å²) >= 11 is 0. The second kappa shape index (κ2) is 9.04. The van der Waals surface area contributed by atoms with E-state index in [0.29, 0.717) is 19.4 Å². The first-order valence-corrected chi connectivity index (χ1v) is 10.6. The molecule has 1 saturated heterocycles. The monoisotopic (exact) mass is 439 g/mol. The number of hydrogen-bond acceptors (Lipinski definition) is 6. The van der Waals surface area contributed by atoms with Crippen LogP contribution in [-0.4, -0.2) is 65.2 Å². The SMILES string of the molecule is CN1N=C2CCN(C(=O)C(N)CCOc3cncc(F)c3)CC2(Cc2ccccc2)C1=O. The molecule has 2 aromatic rings.